The van der Waals surface area contributed by atoms with Gasteiger partial charge in [-0.3, -0.25) is 0 Å². The van der Waals surface area contributed by atoms with Crippen LogP contribution < -0.4 is 0 Å². The van der Waals surface area contributed by atoms with E-state index in [0.29, 0.717) is 18.1 Å². The number of esters is 1. The van der Waals surface area contributed by atoms with E-state index in [1.807, 2.05) is 16.8 Å². The van der Waals surface area contributed by atoms with Gasteiger partial charge in [-0.15, -0.1) is 0 Å². The number of aromatic hydroxyl groups is 1. The van der Waals surface area contributed by atoms with Gasteiger partial charge >= 0.3 is 5.97 Å². The number of nitrogens with zero attached hydrogens (tertiary/aromatic N) is 2. The van der Waals surface area contributed by atoms with Gasteiger partial charge in [-0.1, -0.05) is 19.3 Å². The van der Waals surface area contributed by atoms with Crippen molar-refractivity contribution in [3.8, 4) is 11.4 Å². The van der Waals surface area contributed by atoms with Crippen molar-refractivity contribution >= 4 is 12.0 Å². The van der Waals surface area contributed by atoms with Crippen LogP contribution >= 0.6 is 0 Å². The predicted octanol–water partition coefficient (Wildman–Crippen LogP) is 4.59. The third-order valence-corrected chi connectivity index (χ3v) is 4.84. The maximum Gasteiger partial charge on any atom is 0.333 e. The standard InChI is InChI=1S/C21H26N2O3/c1-3-26-21(25)15(2)13-17-14-20(16-7-5-4-6-8-16)23(22-17)18-9-11-19(24)12-10-18/h9-14,16,24H,3-8H2,1-2H3. The first-order valence-electron chi connectivity index (χ1n) is 9.33. The van der Waals surface area contributed by atoms with Gasteiger partial charge in [-0.25, -0.2) is 9.48 Å². The molecule has 138 valence electrons. The predicted molar refractivity (Wildman–Crippen MR) is 101 cm³/mol. The molecule has 0 spiro atoms. The zero-order valence-electron chi connectivity index (χ0n) is 15.4. The molecule has 0 bridgehead atoms. The lowest BCUT2D eigenvalue weighted by molar-refractivity contribution is -0.138. The molecule has 2 aromatic rings. The molecular formula is C21H26N2O3. The molecule has 1 fully saturated rings. The molecule has 1 heterocycles. The Kier molecular flexibility index (Phi) is 5.76. The third kappa shape index (κ3) is 4.15. The lowest BCUT2D eigenvalue weighted by Crippen LogP contribution is -2.10. The molecule has 1 N–H and O–H groups in total. The molecule has 1 aliphatic rings. The second kappa shape index (κ2) is 8.21. The van der Waals surface area contributed by atoms with E-state index in [4.69, 9.17) is 9.84 Å². The minimum absolute atomic E-state index is 0.235. The van der Waals surface area contributed by atoms with Gasteiger partial charge in [0.2, 0.25) is 0 Å². The molecule has 0 radical (unpaired) electrons. The molecule has 5 heteroatoms. The van der Waals surface area contributed by atoms with Crippen molar-refractivity contribution in [3.05, 3.63) is 47.3 Å². The Morgan fingerprint density at radius 2 is 1.96 bits per heavy atom. The fourth-order valence-electron chi connectivity index (χ4n) is 3.50. The van der Waals surface area contributed by atoms with E-state index in [0.717, 1.165) is 24.2 Å². The van der Waals surface area contributed by atoms with Crippen LogP contribution in [-0.4, -0.2) is 27.5 Å². The van der Waals surface area contributed by atoms with Gasteiger partial charge < -0.3 is 9.84 Å². The van der Waals surface area contributed by atoms with Gasteiger partial charge in [-0.05, 0) is 63.1 Å². The Balaban J connectivity index is 1.98. The lowest BCUT2D eigenvalue weighted by atomic mass is 9.86. The summed E-state index contributed by atoms with van der Waals surface area (Å²) in [7, 11) is 0. The summed E-state index contributed by atoms with van der Waals surface area (Å²) in [6.45, 7) is 3.91. The topological polar surface area (TPSA) is 64.3 Å². The zero-order chi connectivity index (χ0) is 18.5. The van der Waals surface area contributed by atoms with Gasteiger partial charge in [0.05, 0.1) is 18.0 Å². The van der Waals surface area contributed by atoms with Crippen LogP contribution in [0.2, 0.25) is 0 Å². The van der Waals surface area contributed by atoms with E-state index < -0.39 is 0 Å². The highest BCUT2D eigenvalue weighted by Gasteiger charge is 2.21. The highest BCUT2D eigenvalue weighted by Crippen LogP contribution is 2.34. The van der Waals surface area contributed by atoms with Crippen LogP contribution in [0.25, 0.3) is 11.8 Å². The van der Waals surface area contributed by atoms with Crippen LogP contribution in [0.15, 0.2) is 35.9 Å². The molecule has 0 atom stereocenters. The average molecular weight is 354 g/mol. The summed E-state index contributed by atoms with van der Waals surface area (Å²) in [5, 5.41) is 14.3. The molecule has 1 aliphatic carbocycles. The SMILES string of the molecule is CCOC(=O)C(C)=Cc1cc(C2CCCCC2)n(-c2ccc(O)cc2)n1. The second-order valence-electron chi connectivity index (χ2n) is 6.81. The molecule has 5 nitrogen and oxygen atoms in total. The number of carbonyl (C=O) groups excluding carboxylic acids is 1. The van der Waals surface area contributed by atoms with Crippen LogP contribution in [0.3, 0.4) is 0 Å². The van der Waals surface area contributed by atoms with Crippen molar-refractivity contribution in [2.45, 2.75) is 51.9 Å². The average Bonchev–Trinajstić information content (AvgIpc) is 3.07. The number of aromatic nitrogens is 2. The number of phenols is 1. The summed E-state index contributed by atoms with van der Waals surface area (Å²) >= 11 is 0. The van der Waals surface area contributed by atoms with Crippen molar-refractivity contribution < 1.29 is 14.6 Å². The fourth-order valence-corrected chi connectivity index (χ4v) is 3.50. The highest BCUT2D eigenvalue weighted by molar-refractivity contribution is 5.92. The van der Waals surface area contributed by atoms with Crippen molar-refractivity contribution in [2.24, 2.45) is 0 Å². The van der Waals surface area contributed by atoms with Crippen molar-refractivity contribution in [1.29, 1.82) is 0 Å². The summed E-state index contributed by atoms with van der Waals surface area (Å²) in [5.74, 6) is 0.388. The summed E-state index contributed by atoms with van der Waals surface area (Å²) in [4.78, 5) is 11.9. The van der Waals surface area contributed by atoms with Crippen LogP contribution in [0.5, 0.6) is 5.75 Å². The summed E-state index contributed by atoms with van der Waals surface area (Å²) in [6.07, 6.45) is 7.85. The Labute approximate surface area is 154 Å². The molecular weight excluding hydrogens is 328 g/mol. The van der Waals surface area contributed by atoms with Gasteiger partial charge in [0, 0.05) is 17.2 Å². The first-order valence-corrected chi connectivity index (χ1v) is 9.33. The molecule has 1 aromatic carbocycles. The van der Waals surface area contributed by atoms with Gasteiger partial charge in [0.1, 0.15) is 5.75 Å². The van der Waals surface area contributed by atoms with E-state index in [-0.39, 0.29) is 11.7 Å². The minimum atomic E-state index is -0.314. The Bertz CT molecular complexity index is 784. The van der Waals surface area contributed by atoms with Gasteiger partial charge in [0.15, 0.2) is 0 Å². The molecule has 0 amide bonds. The number of ether oxygens (including phenoxy) is 1. The number of phenolic OH excluding ortho intramolecular Hbond substituents is 1. The van der Waals surface area contributed by atoms with Crippen LogP contribution in [0.1, 0.15) is 63.3 Å². The molecule has 3 rings (SSSR count). The van der Waals surface area contributed by atoms with Gasteiger partial charge in [-0.2, -0.15) is 5.10 Å². The van der Waals surface area contributed by atoms with E-state index in [9.17, 15) is 9.90 Å². The number of rotatable bonds is 5. The number of hydrogen-bond acceptors (Lipinski definition) is 4. The number of carbonyl (C=O) groups is 1. The fraction of sp³-hybridized carbons (Fsp3) is 0.429. The van der Waals surface area contributed by atoms with Crippen molar-refractivity contribution in [3.63, 3.8) is 0 Å². The first kappa shape index (κ1) is 18.2. The molecule has 1 saturated carbocycles. The quantitative estimate of drug-likeness (QED) is 0.630. The Hall–Kier alpha value is -2.56. The van der Waals surface area contributed by atoms with E-state index >= 15 is 0 Å². The summed E-state index contributed by atoms with van der Waals surface area (Å²) < 4.78 is 7.00. The van der Waals surface area contributed by atoms with Crippen LogP contribution in [-0.2, 0) is 9.53 Å². The molecule has 0 unspecified atom stereocenters. The molecule has 0 aliphatic heterocycles. The largest absolute Gasteiger partial charge is 0.508 e. The maximum absolute atomic E-state index is 11.9. The van der Waals surface area contributed by atoms with E-state index in [1.165, 1.54) is 25.0 Å². The monoisotopic (exact) mass is 354 g/mol. The lowest BCUT2D eigenvalue weighted by Gasteiger charge is -2.22. The van der Waals surface area contributed by atoms with Crippen LogP contribution in [0.4, 0.5) is 0 Å². The maximum atomic E-state index is 11.9. The smallest absolute Gasteiger partial charge is 0.333 e. The molecule has 0 saturated heterocycles. The third-order valence-electron chi connectivity index (χ3n) is 4.84. The zero-order valence-corrected chi connectivity index (χ0v) is 15.4. The summed E-state index contributed by atoms with van der Waals surface area (Å²) in [5.41, 5.74) is 3.37. The van der Waals surface area contributed by atoms with Crippen LogP contribution in [0, 0.1) is 0 Å². The highest BCUT2D eigenvalue weighted by atomic mass is 16.5. The second-order valence-corrected chi connectivity index (χ2v) is 6.81. The van der Waals surface area contributed by atoms with E-state index in [1.54, 1.807) is 32.1 Å². The van der Waals surface area contributed by atoms with Crippen molar-refractivity contribution in [1.82, 2.24) is 9.78 Å². The Morgan fingerprint density at radius 3 is 2.62 bits per heavy atom. The molecule has 26 heavy (non-hydrogen) atoms. The Morgan fingerprint density at radius 1 is 1.27 bits per heavy atom. The molecule has 1 aromatic heterocycles. The number of benzene rings is 1. The normalized spacial score (nSPS) is 15.8. The van der Waals surface area contributed by atoms with E-state index in [2.05, 4.69) is 6.07 Å². The summed E-state index contributed by atoms with van der Waals surface area (Å²) in [6, 6.07) is 9.13. The van der Waals surface area contributed by atoms with Crippen molar-refractivity contribution in [2.75, 3.05) is 6.61 Å². The first-order chi connectivity index (χ1) is 12.6. The number of hydrogen-bond donors (Lipinski definition) is 1. The van der Waals surface area contributed by atoms with Gasteiger partial charge in [0.25, 0.3) is 0 Å². The minimum Gasteiger partial charge on any atom is -0.508 e.